The molecular formula is C22H23NO8. The van der Waals surface area contributed by atoms with E-state index in [2.05, 4.69) is 0 Å². The molecule has 1 saturated carbocycles. The summed E-state index contributed by atoms with van der Waals surface area (Å²) in [5.74, 6) is -7.55. The lowest BCUT2D eigenvalue weighted by molar-refractivity contribution is -0.163. The summed E-state index contributed by atoms with van der Waals surface area (Å²) in [6.45, 7) is 3.95. The summed E-state index contributed by atoms with van der Waals surface area (Å²) in [5, 5.41) is 54.4. The van der Waals surface area contributed by atoms with E-state index >= 15 is 0 Å². The van der Waals surface area contributed by atoms with Crippen LogP contribution in [0.3, 0.4) is 0 Å². The molecule has 0 heterocycles. The van der Waals surface area contributed by atoms with E-state index in [0.29, 0.717) is 5.56 Å². The second-order valence-corrected chi connectivity index (χ2v) is 8.73. The predicted octanol–water partition coefficient (Wildman–Crippen LogP) is 0.438. The molecule has 0 spiro atoms. The highest BCUT2D eigenvalue weighted by molar-refractivity contribution is 6.33. The van der Waals surface area contributed by atoms with Crippen LogP contribution < -0.4 is 5.73 Å². The Hall–Kier alpha value is -3.01. The van der Waals surface area contributed by atoms with Crippen LogP contribution in [0.2, 0.25) is 0 Å². The van der Waals surface area contributed by atoms with E-state index in [1.54, 1.807) is 13.0 Å². The highest BCUT2D eigenvalue weighted by Crippen LogP contribution is 2.56. The van der Waals surface area contributed by atoms with Crippen molar-refractivity contribution in [1.29, 1.82) is 0 Å². The van der Waals surface area contributed by atoms with Gasteiger partial charge in [-0.1, -0.05) is 12.1 Å². The third-order valence-electron chi connectivity index (χ3n) is 6.99. The van der Waals surface area contributed by atoms with Crippen molar-refractivity contribution in [2.75, 3.05) is 0 Å². The van der Waals surface area contributed by atoms with Crippen molar-refractivity contribution in [3.8, 4) is 5.75 Å². The van der Waals surface area contributed by atoms with Gasteiger partial charge in [0.2, 0.25) is 11.6 Å². The average Bonchev–Trinajstić information content (AvgIpc) is 2.68. The first-order valence-corrected chi connectivity index (χ1v) is 9.78. The SMILES string of the molecule is CC(=O)C1=C(O)[C@H](N)C2CC3C(=C(O)c4c(ccc(C)c4O)C3(C)O)C(=O)[C@]2(O)C1=O. The summed E-state index contributed by atoms with van der Waals surface area (Å²) in [4.78, 5) is 38.4. The number of hydrogen-bond donors (Lipinski definition) is 6. The molecule has 5 atom stereocenters. The van der Waals surface area contributed by atoms with E-state index < -0.39 is 69.1 Å². The third-order valence-corrected chi connectivity index (χ3v) is 6.99. The highest BCUT2D eigenvalue weighted by atomic mass is 16.3. The molecule has 0 aliphatic heterocycles. The Morgan fingerprint density at radius 1 is 1.13 bits per heavy atom. The quantitative estimate of drug-likeness (QED) is 0.273. The largest absolute Gasteiger partial charge is 0.510 e. The number of aryl methyl sites for hydroxylation is 1. The highest BCUT2D eigenvalue weighted by Gasteiger charge is 2.66. The van der Waals surface area contributed by atoms with E-state index in [1.807, 2.05) is 0 Å². The topological polar surface area (TPSA) is 178 Å². The van der Waals surface area contributed by atoms with E-state index in [-0.39, 0.29) is 23.3 Å². The zero-order chi connectivity index (χ0) is 23.2. The monoisotopic (exact) mass is 429 g/mol. The Morgan fingerprint density at radius 2 is 1.74 bits per heavy atom. The van der Waals surface area contributed by atoms with Gasteiger partial charge >= 0.3 is 0 Å². The molecule has 0 radical (unpaired) electrons. The Balaban J connectivity index is 2.02. The normalized spacial score (nSPS) is 35.0. The fourth-order valence-electron chi connectivity index (χ4n) is 5.22. The molecule has 9 nitrogen and oxygen atoms in total. The van der Waals surface area contributed by atoms with Gasteiger partial charge in [-0.05, 0) is 38.3 Å². The molecule has 3 aliphatic rings. The molecule has 31 heavy (non-hydrogen) atoms. The standard InChI is InChI=1S/C22H23NO8/c1-7-4-5-9-13(16(7)25)17(26)14-10(21(9,3)30)6-11-15(23)18(27)12(8(2)24)19(28)22(11,31)20(14)29/h4-5,10-11,15,25-27,30-31H,6,23H2,1-3H3/t10?,11?,15-,21?,22-/m1/s1. The van der Waals surface area contributed by atoms with Gasteiger partial charge in [-0.25, -0.2) is 0 Å². The van der Waals surface area contributed by atoms with Crippen LogP contribution >= 0.6 is 0 Å². The molecule has 7 N–H and O–H groups in total. The number of phenols is 1. The molecule has 0 aromatic heterocycles. The Labute approximate surface area is 177 Å². The lowest BCUT2D eigenvalue weighted by Crippen LogP contribution is -2.67. The minimum atomic E-state index is -2.81. The number of ketones is 3. The van der Waals surface area contributed by atoms with Crippen LogP contribution in [-0.4, -0.2) is 54.5 Å². The van der Waals surface area contributed by atoms with Crippen LogP contribution in [0, 0.1) is 18.8 Å². The molecule has 9 heteroatoms. The van der Waals surface area contributed by atoms with E-state index in [0.717, 1.165) is 6.92 Å². The first kappa shape index (κ1) is 21.2. The number of aliphatic hydroxyl groups is 4. The molecule has 3 aliphatic carbocycles. The van der Waals surface area contributed by atoms with Gasteiger partial charge in [0, 0.05) is 17.4 Å². The van der Waals surface area contributed by atoms with Crippen LogP contribution in [0.1, 0.15) is 37.0 Å². The van der Waals surface area contributed by atoms with Gasteiger partial charge in [-0.2, -0.15) is 0 Å². The molecular weight excluding hydrogens is 406 g/mol. The zero-order valence-electron chi connectivity index (χ0n) is 17.1. The maximum Gasteiger partial charge on any atom is 0.209 e. The average molecular weight is 429 g/mol. The van der Waals surface area contributed by atoms with Gasteiger partial charge in [-0.15, -0.1) is 0 Å². The number of carbonyl (C=O) groups is 3. The van der Waals surface area contributed by atoms with Crippen molar-refractivity contribution in [2.24, 2.45) is 17.6 Å². The molecule has 1 fully saturated rings. The number of aromatic hydroxyl groups is 1. The van der Waals surface area contributed by atoms with Gasteiger partial charge in [0.1, 0.15) is 22.8 Å². The molecule has 1 aromatic carbocycles. The molecule has 0 saturated heterocycles. The van der Waals surface area contributed by atoms with Crippen molar-refractivity contribution < 1.29 is 39.9 Å². The molecule has 164 valence electrons. The molecule has 0 amide bonds. The number of Topliss-reactive ketones (excluding diaryl/α,β-unsaturated/α-hetero) is 3. The van der Waals surface area contributed by atoms with Crippen LogP contribution in [-0.2, 0) is 20.0 Å². The number of aliphatic hydroxyl groups excluding tert-OH is 2. The lowest BCUT2D eigenvalue weighted by Gasteiger charge is -2.51. The summed E-state index contributed by atoms with van der Waals surface area (Å²) in [6.07, 6.45) is -0.245. The Kier molecular flexibility index (Phi) is 4.28. The zero-order valence-corrected chi connectivity index (χ0v) is 17.1. The molecule has 3 unspecified atom stereocenters. The third kappa shape index (κ3) is 2.39. The number of benzene rings is 1. The second-order valence-electron chi connectivity index (χ2n) is 8.73. The number of rotatable bonds is 1. The van der Waals surface area contributed by atoms with Gasteiger partial charge in [0.05, 0.1) is 17.2 Å². The summed E-state index contributed by atoms with van der Waals surface area (Å²) in [6, 6.07) is 1.64. The molecule has 4 rings (SSSR count). The molecule has 0 bridgehead atoms. The van der Waals surface area contributed by atoms with E-state index in [1.165, 1.54) is 13.0 Å². The summed E-state index contributed by atoms with van der Waals surface area (Å²) >= 11 is 0. The van der Waals surface area contributed by atoms with Crippen molar-refractivity contribution in [2.45, 2.75) is 44.4 Å². The van der Waals surface area contributed by atoms with Crippen LogP contribution in [0.5, 0.6) is 5.75 Å². The molecule has 1 aromatic rings. The van der Waals surface area contributed by atoms with Gasteiger partial charge < -0.3 is 31.3 Å². The van der Waals surface area contributed by atoms with Crippen LogP contribution in [0.4, 0.5) is 0 Å². The van der Waals surface area contributed by atoms with E-state index in [9.17, 15) is 39.9 Å². The minimum Gasteiger partial charge on any atom is -0.510 e. The maximum absolute atomic E-state index is 13.5. The van der Waals surface area contributed by atoms with E-state index in [4.69, 9.17) is 5.73 Å². The first-order valence-electron chi connectivity index (χ1n) is 9.78. The van der Waals surface area contributed by atoms with Gasteiger partial charge in [-0.3, -0.25) is 14.4 Å². The van der Waals surface area contributed by atoms with Crippen LogP contribution in [0.15, 0.2) is 29.0 Å². The number of carbonyl (C=O) groups excluding carboxylic acids is 3. The Morgan fingerprint density at radius 3 is 2.32 bits per heavy atom. The second kappa shape index (κ2) is 6.25. The fourth-order valence-corrected chi connectivity index (χ4v) is 5.22. The fraction of sp³-hybridized carbons (Fsp3) is 0.409. The predicted molar refractivity (Wildman–Crippen MR) is 107 cm³/mol. The van der Waals surface area contributed by atoms with Crippen LogP contribution in [0.25, 0.3) is 5.76 Å². The van der Waals surface area contributed by atoms with Crippen molar-refractivity contribution in [3.05, 3.63) is 45.7 Å². The van der Waals surface area contributed by atoms with Gasteiger partial charge in [0.25, 0.3) is 0 Å². The summed E-state index contributed by atoms with van der Waals surface area (Å²) < 4.78 is 0. The number of fused-ring (bicyclic) bond motifs is 3. The maximum atomic E-state index is 13.5. The minimum absolute atomic E-state index is 0.163. The first-order chi connectivity index (χ1) is 14.3. The number of hydrogen-bond acceptors (Lipinski definition) is 9. The summed E-state index contributed by atoms with van der Waals surface area (Å²) in [7, 11) is 0. The van der Waals surface area contributed by atoms with Gasteiger partial charge in [0.15, 0.2) is 11.4 Å². The van der Waals surface area contributed by atoms with Crippen molar-refractivity contribution >= 4 is 23.1 Å². The van der Waals surface area contributed by atoms with Crippen molar-refractivity contribution in [1.82, 2.24) is 0 Å². The Bertz CT molecular complexity index is 1140. The lowest BCUT2D eigenvalue weighted by atomic mass is 9.54. The number of phenolic OH excluding ortho intramolecular Hbond substituents is 1. The number of nitrogens with two attached hydrogens (primary N) is 1. The smallest absolute Gasteiger partial charge is 0.209 e. The van der Waals surface area contributed by atoms with Crippen molar-refractivity contribution in [3.63, 3.8) is 0 Å². The summed E-state index contributed by atoms with van der Waals surface area (Å²) in [5.41, 5.74) is 0.636.